The average Bonchev–Trinajstić information content (AvgIpc) is 2.82. The molecule has 1 fully saturated rings. The van der Waals surface area contributed by atoms with E-state index in [2.05, 4.69) is 36.2 Å². The first-order valence-corrected chi connectivity index (χ1v) is 11.4. The summed E-state index contributed by atoms with van der Waals surface area (Å²) in [6.07, 6.45) is 1.29. The van der Waals surface area contributed by atoms with Crippen LogP contribution in [0.3, 0.4) is 0 Å². The van der Waals surface area contributed by atoms with Gasteiger partial charge in [-0.25, -0.2) is 0 Å². The van der Waals surface area contributed by atoms with Crippen LogP contribution < -0.4 is 10.1 Å². The third-order valence-electron chi connectivity index (χ3n) is 6.35. The molecule has 168 valence electrons. The van der Waals surface area contributed by atoms with Crippen molar-refractivity contribution in [1.29, 1.82) is 0 Å². The second kappa shape index (κ2) is 11.0. The molecule has 31 heavy (non-hydrogen) atoms. The van der Waals surface area contributed by atoms with Gasteiger partial charge in [-0.15, -0.1) is 0 Å². The maximum Gasteiger partial charge on any atom is 0.230 e. The van der Waals surface area contributed by atoms with E-state index in [0.717, 1.165) is 30.0 Å². The van der Waals surface area contributed by atoms with Crippen LogP contribution in [0.5, 0.6) is 5.75 Å². The van der Waals surface area contributed by atoms with Crippen LogP contribution in [0.1, 0.15) is 43.9 Å². The lowest BCUT2D eigenvalue weighted by Crippen LogP contribution is -2.50. The average molecular weight is 445 g/mol. The Morgan fingerprint density at radius 3 is 2.52 bits per heavy atom. The van der Waals surface area contributed by atoms with E-state index in [1.807, 2.05) is 36.4 Å². The Bertz CT molecular complexity index is 863. The van der Waals surface area contributed by atoms with Crippen molar-refractivity contribution in [3.8, 4) is 5.75 Å². The molecule has 0 saturated carbocycles. The van der Waals surface area contributed by atoms with Crippen LogP contribution in [-0.4, -0.2) is 50.8 Å². The van der Waals surface area contributed by atoms with Gasteiger partial charge in [0.25, 0.3) is 0 Å². The lowest BCUT2D eigenvalue weighted by Gasteiger charge is -2.37. The third-order valence-corrected chi connectivity index (χ3v) is 6.58. The summed E-state index contributed by atoms with van der Waals surface area (Å²) in [7, 11) is 1.67. The van der Waals surface area contributed by atoms with Gasteiger partial charge in [-0.3, -0.25) is 9.69 Å². The van der Waals surface area contributed by atoms with Crippen molar-refractivity contribution in [2.45, 2.75) is 38.1 Å². The summed E-state index contributed by atoms with van der Waals surface area (Å²) in [6.45, 7) is 7.72. The number of methoxy groups -OCH3 is 1. The Morgan fingerprint density at radius 1 is 1.16 bits per heavy atom. The van der Waals surface area contributed by atoms with Gasteiger partial charge < -0.3 is 14.8 Å². The standard InChI is InChI=1S/C25H33ClN2O3/c1-4-28(5-2)23(19-8-6-11-22(16-19)30-3)18-27-24(29)25(12-14-31-15-13-25)20-9-7-10-21(26)17-20/h6-11,16-17,23H,4-5,12-15,18H2,1-3H3,(H,27,29). The summed E-state index contributed by atoms with van der Waals surface area (Å²) in [5.74, 6) is 0.860. The number of benzene rings is 2. The van der Waals surface area contributed by atoms with Gasteiger partial charge in [0.15, 0.2) is 0 Å². The zero-order valence-corrected chi connectivity index (χ0v) is 19.5. The van der Waals surface area contributed by atoms with E-state index in [0.29, 0.717) is 37.6 Å². The molecule has 0 bridgehead atoms. The van der Waals surface area contributed by atoms with Gasteiger partial charge in [0.05, 0.1) is 18.6 Å². The first kappa shape index (κ1) is 23.6. The summed E-state index contributed by atoms with van der Waals surface area (Å²) in [5.41, 5.74) is 1.47. The highest BCUT2D eigenvalue weighted by atomic mass is 35.5. The normalized spacial score (nSPS) is 16.7. The van der Waals surface area contributed by atoms with Crippen LogP contribution in [0.15, 0.2) is 48.5 Å². The van der Waals surface area contributed by atoms with E-state index in [1.165, 1.54) is 0 Å². The molecule has 1 aliphatic heterocycles. The van der Waals surface area contributed by atoms with Crippen molar-refractivity contribution < 1.29 is 14.3 Å². The van der Waals surface area contributed by atoms with Gasteiger partial charge >= 0.3 is 0 Å². The summed E-state index contributed by atoms with van der Waals surface area (Å²) in [6, 6.07) is 15.8. The largest absolute Gasteiger partial charge is 0.497 e. The maximum absolute atomic E-state index is 13.6. The highest BCUT2D eigenvalue weighted by Gasteiger charge is 2.42. The number of hydrogen-bond donors (Lipinski definition) is 1. The smallest absolute Gasteiger partial charge is 0.230 e. The fourth-order valence-electron chi connectivity index (χ4n) is 4.48. The first-order valence-electron chi connectivity index (χ1n) is 11.0. The number of carbonyl (C=O) groups excluding carboxylic acids is 1. The van der Waals surface area contributed by atoms with Crippen molar-refractivity contribution >= 4 is 17.5 Å². The van der Waals surface area contributed by atoms with E-state index in [4.69, 9.17) is 21.1 Å². The molecule has 1 N–H and O–H groups in total. The molecular formula is C25H33ClN2O3. The second-order valence-corrected chi connectivity index (χ2v) is 8.36. The SMILES string of the molecule is CCN(CC)C(CNC(=O)C1(c2cccc(Cl)c2)CCOCC1)c1cccc(OC)c1. The predicted octanol–water partition coefficient (Wildman–Crippen LogP) is 4.60. The quantitative estimate of drug-likeness (QED) is 0.614. The molecule has 1 unspecified atom stereocenters. The Hall–Kier alpha value is -2.08. The van der Waals surface area contributed by atoms with Crippen molar-refractivity contribution in [1.82, 2.24) is 10.2 Å². The molecule has 2 aromatic rings. The number of nitrogens with one attached hydrogen (secondary N) is 1. The minimum Gasteiger partial charge on any atom is -0.497 e. The van der Waals surface area contributed by atoms with Crippen LogP contribution >= 0.6 is 11.6 Å². The molecule has 1 heterocycles. The van der Waals surface area contributed by atoms with Crippen molar-refractivity contribution in [3.05, 3.63) is 64.7 Å². The fraction of sp³-hybridized carbons (Fsp3) is 0.480. The molecule has 5 nitrogen and oxygen atoms in total. The highest BCUT2D eigenvalue weighted by molar-refractivity contribution is 6.30. The van der Waals surface area contributed by atoms with E-state index in [-0.39, 0.29) is 11.9 Å². The topological polar surface area (TPSA) is 50.8 Å². The predicted molar refractivity (Wildman–Crippen MR) is 125 cm³/mol. The van der Waals surface area contributed by atoms with Crippen molar-refractivity contribution in [3.63, 3.8) is 0 Å². The number of carbonyl (C=O) groups is 1. The van der Waals surface area contributed by atoms with Gasteiger partial charge in [0, 0.05) is 24.8 Å². The van der Waals surface area contributed by atoms with Crippen molar-refractivity contribution in [2.75, 3.05) is 40.0 Å². The lowest BCUT2D eigenvalue weighted by atomic mass is 9.73. The first-order chi connectivity index (χ1) is 15.0. The molecule has 1 atom stereocenters. The van der Waals surface area contributed by atoms with Crippen LogP contribution in [-0.2, 0) is 14.9 Å². The number of rotatable bonds is 9. The highest BCUT2D eigenvalue weighted by Crippen LogP contribution is 2.36. The van der Waals surface area contributed by atoms with Crippen molar-refractivity contribution in [2.24, 2.45) is 0 Å². The zero-order chi connectivity index (χ0) is 22.3. The minimum atomic E-state index is -0.620. The van der Waals surface area contributed by atoms with Crippen LogP contribution in [0.4, 0.5) is 0 Å². The molecule has 1 aliphatic rings. The van der Waals surface area contributed by atoms with Gasteiger partial charge in [-0.1, -0.05) is 49.7 Å². The van der Waals surface area contributed by atoms with Gasteiger partial charge in [-0.2, -0.15) is 0 Å². The molecule has 1 amide bonds. The molecule has 2 aromatic carbocycles. The molecule has 0 aliphatic carbocycles. The summed E-state index contributed by atoms with van der Waals surface area (Å²) in [4.78, 5) is 16.0. The Labute approximate surface area is 190 Å². The number of hydrogen-bond acceptors (Lipinski definition) is 4. The fourth-order valence-corrected chi connectivity index (χ4v) is 4.67. The van der Waals surface area contributed by atoms with Crippen LogP contribution in [0, 0.1) is 0 Å². The minimum absolute atomic E-state index is 0.0399. The molecule has 1 saturated heterocycles. The Balaban J connectivity index is 1.85. The molecule has 0 aromatic heterocycles. The molecular weight excluding hydrogens is 412 g/mol. The van der Waals surface area contributed by atoms with Crippen LogP contribution in [0.2, 0.25) is 5.02 Å². The van der Waals surface area contributed by atoms with E-state index in [1.54, 1.807) is 7.11 Å². The van der Waals surface area contributed by atoms with Gasteiger partial charge in [0.2, 0.25) is 5.91 Å². The van der Waals surface area contributed by atoms with E-state index < -0.39 is 5.41 Å². The molecule has 0 spiro atoms. The summed E-state index contributed by atoms with van der Waals surface area (Å²) in [5, 5.41) is 3.92. The zero-order valence-electron chi connectivity index (χ0n) is 18.7. The molecule has 6 heteroatoms. The molecule has 0 radical (unpaired) electrons. The third kappa shape index (κ3) is 5.40. The number of nitrogens with zero attached hydrogens (tertiary/aromatic N) is 1. The summed E-state index contributed by atoms with van der Waals surface area (Å²) >= 11 is 6.26. The Kier molecular flexibility index (Phi) is 8.35. The summed E-state index contributed by atoms with van der Waals surface area (Å²) < 4.78 is 11.0. The number of amides is 1. The van der Waals surface area contributed by atoms with E-state index >= 15 is 0 Å². The lowest BCUT2D eigenvalue weighted by molar-refractivity contribution is -0.130. The number of likely N-dealkylation sites (N-methyl/N-ethyl adjacent to an activating group) is 1. The monoisotopic (exact) mass is 444 g/mol. The Morgan fingerprint density at radius 2 is 1.87 bits per heavy atom. The molecule has 3 rings (SSSR count). The number of ether oxygens (including phenoxy) is 2. The second-order valence-electron chi connectivity index (χ2n) is 7.93. The number of halogens is 1. The van der Waals surface area contributed by atoms with E-state index in [9.17, 15) is 4.79 Å². The van der Waals surface area contributed by atoms with Gasteiger partial charge in [0.1, 0.15) is 5.75 Å². The van der Waals surface area contributed by atoms with Crippen LogP contribution in [0.25, 0.3) is 0 Å². The maximum atomic E-state index is 13.6. The van der Waals surface area contributed by atoms with Gasteiger partial charge in [-0.05, 0) is 61.3 Å².